The molecule has 0 atom stereocenters. The fourth-order valence-electron chi connectivity index (χ4n) is 2.76. The quantitative estimate of drug-likeness (QED) is 0.382. The van der Waals surface area contributed by atoms with Gasteiger partial charge in [-0.1, -0.05) is 60.1 Å². The standard InChI is InChI=1S/C24H23ClN2O2/c25-23-11-5-4-10-21(23)18-29-22-15-13-20(14-16-22)17-26-27-24(28)12-6-9-19-7-2-1-3-8-19/h1-5,7-8,10-11,13-17H,6,9,12,18H2,(H,27,28)/b26-17+. The van der Waals surface area contributed by atoms with Crippen molar-refractivity contribution in [2.45, 2.75) is 25.9 Å². The molecule has 29 heavy (non-hydrogen) atoms. The Bertz CT molecular complexity index is 941. The maximum Gasteiger partial charge on any atom is 0.240 e. The average Bonchev–Trinajstić information content (AvgIpc) is 2.75. The summed E-state index contributed by atoms with van der Waals surface area (Å²) >= 11 is 6.13. The minimum Gasteiger partial charge on any atom is -0.489 e. The second kappa shape index (κ2) is 11.0. The minimum atomic E-state index is -0.0862. The highest BCUT2D eigenvalue weighted by molar-refractivity contribution is 6.31. The van der Waals surface area contributed by atoms with Gasteiger partial charge in [0.25, 0.3) is 0 Å². The van der Waals surface area contributed by atoms with Gasteiger partial charge in [0.2, 0.25) is 5.91 Å². The summed E-state index contributed by atoms with van der Waals surface area (Å²) in [7, 11) is 0. The maximum atomic E-state index is 11.9. The Morgan fingerprint density at radius 3 is 2.45 bits per heavy atom. The fraction of sp³-hybridized carbons (Fsp3) is 0.167. The van der Waals surface area contributed by atoms with Crippen molar-refractivity contribution in [2.24, 2.45) is 5.10 Å². The van der Waals surface area contributed by atoms with E-state index < -0.39 is 0 Å². The Balaban J connectivity index is 1.39. The van der Waals surface area contributed by atoms with E-state index in [1.807, 2.05) is 66.7 Å². The maximum absolute atomic E-state index is 11.9. The van der Waals surface area contributed by atoms with Crippen LogP contribution in [0.25, 0.3) is 0 Å². The van der Waals surface area contributed by atoms with Crippen LogP contribution in [-0.4, -0.2) is 12.1 Å². The lowest BCUT2D eigenvalue weighted by atomic mass is 10.1. The Labute approximate surface area is 176 Å². The molecule has 0 aliphatic rings. The van der Waals surface area contributed by atoms with Crippen molar-refractivity contribution in [2.75, 3.05) is 0 Å². The summed E-state index contributed by atoms with van der Waals surface area (Å²) < 4.78 is 5.75. The molecule has 1 amide bonds. The lowest BCUT2D eigenvalue weighted by Crippen LogP contribution is -2.17. The molecule has 5 heteroatoms. The molecule has 0 aliphatic heterocycles. The number of hydrogen-bond acceptors (Lipinski definition) is 3. The molecule has 3 rings (SSSR count). The Morgan fingerprint density at radius 2 is 1.69 bits per heavy atom. The van der Waals surface area contributed by atoms with Crippen LogP contribution in [0.3, 0.4) is 0 Å². The highest BCUT2D eigenvalue weighted by atomic mass is 35.5. The molecule has 0 aliphatic carbocycles. The number of rotatable bonds is 9. The largest absolute Gasteiger partial charge is 0.489 e. The number of carbonyl (C=O) groups excluding carboxylic acids is 1. The summed E-state index contributed by atoms with van der Waals surface area (Å²) in [6.45, 7) is 0.409. The lowest BCUT2D eigenvalue weighted by molar-refractivity contribution is -0.121. The second-order valence-electron chi connectivity index (χ2n) is 6.58. The number of carbonyl (C=O) groups is 1. The van der Waals surface area contributed by atoms with E-state index in [1.54, 1.807) is 6.21 Å². The molecule has 1 N–H and O–H groups in total. The zero-order valence-electron chi connectivity index (χ0n) is 16.1. The highest BCUT2D eigenvalue weighted by Crippen LogP contribution is 2.18. The van der Waals surface area contributed by atoms with E-state index in [4.69, 9.17) is 16.3 Å². The van der Waals surface area contributed by atoms with Crippen molar-refractivity contribution in [3.05, 3.63) is 101 Å². The molecule has 0 unspecified atom stereocenters. The van der Waals surface area contributed by atoms with E-state index in [-0.39, 0.29) is 5.91 Å². The number of hydrazone groups is 1. The van der Waals surface area contributed by atoms with Crippen LogP contribution < -0.4 is 10.2 Å². The third kappa shape index (κ3) is 7.09. The first kappa shape index (κ1) is 20.6. The van der Waals surface area contributed by atoms with Crippen LogP contribution in [-0.2, 0) is 17.8 Å². The number of hydrogen-bond donors (Lipinski definition) is 1. The molecule has 0 bridgehead atoms. The van der Waals surface area contributed by atoms with E-state index in [0.29, 0.717) is 18.1 Å². The van der Waals surface area contributed by atoms with Crippen LogP contribution in [0.2, 0.25) is 5.02 Å². The number of aryl methyl sites for hydroxylation is 1. The Hall–Kier alpha value is -3.11. The molecule has 0 heterocycles. The topological polar surface area (TPSA) is 50.7 Å². The van der Waals surface area contributed by atoms with E-state index in [9.17, 15) is 4.79 Å². The van der Waals surface area contributed by atoms with Crippen molar-refractivity contribution in [3.63, 3.8) is 0 Å². The number of ether oxygens (including phenoxy) is 1. The van der Waals surface area contributed by atoms with Crippen molar-refractivity contribution < 1.29 is 9.53 Å². The Morgan fingerprint density at radius 1 is 0.966 bits per heavy atom. The smallest absolute Gasteiger partial charge is 0.240 e. The third-order valence-corrected chi connectivity index (χ3v) is 4.72. The first-order chi connectivity index (χ1) is 14.2. The average molecular weight is 407 g/mol. The molecule has 148 valence electrons. The Kier molecular flexibility index (Phi) is 7.84. The third-order valence-electron chi connectivity index (χ3n) is 4.35. The molecular formula is C24H23ClN2O2. The van der Waals surface area contributed by atoms with Crippen LogP contribution in [0.5, 0.6) is 5.75 Å². The van der Waals surface area contributed by atoms with Crippen LogP contribution in [0, 0.1) is 0 Å². The van der Waals surface area contributed by atoms with E-state index in [2.05, 4.69) is 22.7 Å². The van der Waals surface area contributed by atoms with Gasteiger partial charge in [0.1, 0.15) is 12.4 Å². The van der Waals surface area contributed by atoms with Gasteiger partial charge in [0, 0.05) is 17.0 Å². The second-order valence-corrected chi connectivity index (χ2v) is 6.99. The molecule has 3 aromatic carbocycles. The van der Waals surface area contributed by atoms with Crippen molar-refractivity contribution in [3.8, 4) is 5.75 Å². The van der Waals surface area contributed by atoms with Gasteiger partial charge in [-0.05, 0) is 54.3 Å². The van der Waals surface area contributed by atoms with Crippen LogP contribution in [0.15, 0.2) is 84.0 Å². The summed E-state index contributed by atoms with van der Waals surface area (Å²) in [5.74, 6) is 0.656. The van der Waals surface area contributed by atoms with Crippen LogP contribution >= 0.6 is 11.6 Å². The van der Waals surface area contributed by atoms with E-state index >= 15 is 0 Å². The molecule has 0 saturated heterocycles. The molecule has 0 radical (unpaired) electrons. The molecule has 0 saturated carbocycles. The molecule has 0 fully saturated rings. The summed E-state index contributed by atoms with van der Waals surface area (Å²) in [6, 6.07) is 25.2. The van der Waals surface area contributed by atoms with Crippen LogP contribution in [0.4, 0.5) is 0 Å². The number of nitrogens with zero attached hydrogens (tertiary/aromatic N) is 1. The first-order valence-electron chi connectivity index (χ1n) is 9.53. The van der Waals surface area contributed by atoms with Crippen molar-refractivity contribution >= 4 is 23.7 Å². The molecule has 0 aromatic heterocycles. The van der Waals surface area contributed by atoms with Gasteiger partial charge in [-0.15, -0.1) is 0 Å². The highest BCUT2D eigenvalue weighted by Gasteiger charge is 2.02. The monoisotopic (exact) mass is 406 g/mol. The molecular weight excluding hydrogens is 384 g/mol. The van der Waals surface area contributed by atoms with E-state index in [1.165, 1.54) is 5.56 Å². The number of nitrogens with one attached hydrogen (secondary N) is 1. The summed E-state index contributed by atoms with van der Waals surface area (Å²) in [5.41, 5.74) is 5.62. The van der Waals surface area contributed by atoms with Crippen molar-refractivity contribution in [1.82, 2.24) is 5.43 Å². The summed E-state index contributed by atoms with van der Waals surface area (Å²) in [5, 5.41) is 4.71. The molecule has 4 nitrogen and oxygen atoms in total. The summed E-state index contributed by atoms with van der Waals surface area (Å²) in [6.07, 6.45) is 3.74. The van der Waals surface area contributed by atoms with Crippen LogP contribution in [0.1, 0.15) is 29.5 Å². The number of amides is 1. The zero-order chi connectivity index (χ0) is 20.3. The van der Waals surface area contributed by atoms with Gasteiger partial charge in [-0.25, -0.2) is 5.43 Å². The lowest BCUT2D eigenvalue weighted by Gasteiger charge is -2.07. The van der Waals surface area contributed by atoms with Gasteiger partial charge in [0.05, 0.1) is 6.21 Å². The normalized spacial score (nSPS) is 10.8. The molecule has 3 aromatic rings. The van der Waals surface area contributed by atoms with Gasteiger partial charge in [0.15, 0.2) is 0 Å². The minimum absolute atomic E-state index is 0.0862. The number of benzene rings is 3. The van der Waals surface area contributed by atoms with Crippen molar-refractivity contribution in [1.29, 1.82) is 0 Å². The van der Waals surface area contributed by atoms with Gasteiger partial charge in [-0.2, -0.15) is 5.10 Å². The number of halogens is 1. The van der Waals surface area contributed by atoms with E-state index in [0.717, 1.165) is 29.7 Å². The zero-order valence-corrected chi connectivity index (χ0v) is 16.8. The predicted octanol–water partition coefficient (Wildman–Crippen LogP) is 5.39. The molecule has 0 spiro atoms. The first-order valence-corrected chi connectivity index (χ1v) is 9.90. The fourth-order valence-corrected chi connectivity index (χ4v) is 2.95. The SMILES string of the molecule is O=C(CCCc1ccccc1)N/N=C/c1ccc(OCc2ccccc2Cl)cc1. The predicted molar refractivity (Wildman–Crippen MR) is 117 cm³/mol. The van der Waals surface area contributed by atoms with Gasteiger partial charge >= 0.3 is 0 Å². The summed E-state index contributed by atoms with van der Waals surface area (Å²) in [4.78, 5) is 11.9. The van der Waals surface area contributed by atoms with Gasteiger partial charge in [-0.3, -0.25) is 4.79 Å². The van der Waals surface area contributed by atoms with Gasteiger partial charge < -0.3 is 4.74 Å².